The fourth-order valence-electron chi connectivity index (χ4n) is 2.00. The molecule has 3 nitrogen and oxygen atoms in total. The summed E-state index contributed by atoms with van der Waals surface area (Å²) in [6, 6.07) is 10.3. The van der Waals surface area contributed by atoms with Crippen LogP contribution < -0.4 is 5.32 Å². The van der Waals surface area contributed by atoms with Crippen molar-refractivity contribution in [1.29, 1.82) is 0 Å². The maximum atomic E-state index is 10.9. The van der Waals surface area contributed by atoms with E-state index in [0.717, 1.165) is 19.6 Å². The first-order valence-electron chi connectivity index (χ1n) is 5.56. The first-order valence-corrected chi connectivity index (χ1v) is 5.56. The van der Waals surface area contributed by atoms with Crippen molar-refractivity contribution in [3.8, 4) is 0 Å². The molecule has 3 heteroatoms. The largest absolute Gasteiger partial charge is 0.380 e. The highest BCUT2D eigenvalue weighted by atomic mass is 16.5. The van der Waals surface area contributed by atoms with E-state index >= 15 is 0 Å². The van der Waals surface area contributed by atoms with E-state index in [1.807, 2.05) is 18.2 Å². The number of nitrogens with one attached hydrogen (secondary N) is 1. The van der Waals surface area contributed by atoms with Crippen LogP contribution in [0, 0.1) is 5.41 Å². The van der Waals surface area contributed by atoms with Gasteiger partial charge in [-0.3, -0.25) is 4.79 Å². The molecule has 1 heterocycles. The Morgan fingerprint density at radius 1 is 1.38 bits per heavy atom. The fourth-order valence-corrected chi connectivity index (χ4v) is 2.00. The molecule has 1 aliphatic heterocycles. The van der Waals surface area contributed by atoms with Gasteiger partial charge in [-0.25, -0.2) is 0 Å². The lowest BCUT2D eigenvalue weighted by atomic mass is 9.79. The van der Waals surface area contributed by atoms with Gasteiger partial charge in [-0.05, 0) is 12.0 Å². The summed E-state index contributed by atoms with van der Waals surface area (Å²) in [6.07, 6.45) is 0.966. The molecule has 86 valence electrons. The van der Waals surface area contributed by atoms with Crippen molar-refractivity contribution in [2.24, 2.45) is 5.41 Å². The third kappa shape index (κ3) is 2.61. The third-order valence-corrected chi connectivity index (χ3v) is 2.95. The smallest absolute Gasteiger partial charge is 0.216 e. The predicted molar refractivity (Wildman–Crippen MR) is 62.1 cm³/mol. The van der Waals surface area contributed by atoms with Crippen LogP contribution in [0.2, 0.25) is 0 Å². The Hall–Kier alpha value is -1.35. The quantitative estimate of drug-likeness (QED) is 0.831. The van der Waals surface area contributed by atoms with Gasteiger partial charge in [0.1, 0.15) is 0 Å². The average Bonchev–Trinajstić information content (AvgIpc) is 2.23. The second-order valence-electron chi connectivity index (χ2n) is 4.56. The molecule has 16 heavy (non-hydrogen) atoms. The molecule has 0 spiro atoms. The minimum Gasteiger partial charge on any atom is -0.380 e. The lowest BCUT2D eigenvalue weighted by Gasteiger charge is -2.41. The Morgan fingerprint density at radius 3 is 2.56 bits per heavy atom. The molecule has 0 bridgehead atoms. The Balaban J connectivity index is 1.97. The molecular formula is C13H17NO2. The summed E-state index contributed by atoms with van der Waals surface area (Å²) >= 11 is 0. The van der Waals surface area contributed by atoms with Gasteiger partial charge in [-0.2, -0.15) is 0 Å². The standard InChI is InChI=1S/C13H17NO2/c1-11(15)14-8-13(9-16-10-13)7-12-5-3-2-4-6-12/h2-6H,7-10H2,1H3,(H,14,15). The van der Waals surface area contributed by atoms with Crippen LogP contribution in [0.5, 0.6) is 0 Å². The maximum absolute atomic E-state index is 10.9. The minimum atomic E-state index is 0.0272. The molecule has 1 fully saturated rings. The molecule has 1 aromatic carbocycles. The van der Waals surface area contributed by atoms with Gasteiger partial charge in [0.05, 0.1) is 13.2 Å². The topological polar surface area (TPSA) is 38.3 Å². The SMILES string of the molecule is CC(=O)NCC1(Cc2ccccc2)COC1. The van der Waals surface area contributed by atoms with Crippen LogP contribution in [0.15, 0.2) is 30.3 Å². The molecule has 0 atom stereocenters. The summed E-state index contributed by atoms with van der Waals surface area (Å²) in [5.74, 6) is 0.0272. The number of hydrogen-bond acceptors (Lipinski definition) is 2. The highest BCUT2D eigenvalue weighted by Crippen LogP contribution is 2.30. The molecular weight excluding hydrogens is 202 g/mol. The van der Waals surface area contributed by atoms with Crippen LogP contribution >= 0.6 is 0 Å². The Labute approximate surface area is 95.8 Å². The first kappa shape index (κ1) is 11.1. The molecule has 1 aliphatic rings. The Bertz CT molecular complexity index is 357. The normalized spacial score (nSPS) is 17.6. The molecule has 1 amide bonds. The molecule has 1 aromatic rings. The number of benzene rings is 1. The van der Waals surface area contributed by atoms with Crippen molar-refractivity contribution in [3.05, 3.63) is 35.9 Å². The van der Waals surface area contributed by atoms with Gasteiger partial charge in [-0.1, -0.05) is 30.3 Å². The van der Waals surface area contributed by atoms with E-state index < -0.39 is 0 Å². The molecule has 2 rings (SSSR count). The molecule has 0 unspecified atom stereocenters. The highest BCUT2D eigenvalue weighted by molar-refractivity contribution is 5.72. The number of amides is 1. The summed E-state index contributed by atoms with van der Waals surface area (Å²) < 4.78 is 5.29. The van der Waals surface area contributed by atoms with E-state index in [-0.39, 0.29) is 11.3 Å². The second kappa shape index (κ2) is 4.66. The van der Waals surface area contributed by atoms with E-state index in [4.69, 9.17) is 4.74 Å². The Kier molecular flexibility index (Phi) is 3.25. The molecule has 0 aromatic heterocycles. The van der Waals surface area contributed by atoms with Crippen molar-refractivity contribution < 1.29 is 9.53 Å². The van der Waals surface area contributed by atoms with E-state index in [1.54, 1.807) is 6.92 Å². The summed E-state index contributed by atoms with van der Waals surface area (Å²) in [5.41, 5.74) is 1.41. The number of ether oxygens (including phenoxy) is 1. The monoisotopic (exact) mass is 219 g/mol. The minimum absolute atomic E-state index is 0.0272. The second-order valence-corrected chi connectivity index (χ2v) is 4.56. The van der Waals surface area contributed by atoms with Crippen LogP contribution in [-0.4, -0.2) is 25.7 Å². The van der Waals surface area contributed by atoms with Crippen molar-refractivity contribution >= 4 is 5.91 Å². The molecule has 0 saturated carbocycles. The molecule has 0 radical (unpaired) electrons. The van der Waals surface area contributed by atoms with Gasteiger partial charge in [0.25, 0.3) is 0 Å². The van der Waals surface area contributed by atoms with Crippen LogP contribution in [0.25, 0.3) is 0 Å². The molecule has 0 aliphatic carbocycles. The zero-order chi connectivity index (χ0) is 11.4. The van der Waals surface area contributed by atoms with Gasteiger partial charge in [0.15, 0.2) is 0 Å². The highest BCUT2D eigenvalue weighted by Gasteiger charge is 2.38. The van der Waals surface area contributed by atoms with E-state index in [0.29, 0.717) is 6.54 Å². The van der Waals surface area contributed by atoms with Gasteiger partial charge in [-0.15, -0.1) is 0 Å². The van der Waals surface area contributed by atoms with E-state index in [1.165, 1.54) is 5.56 Å². The molecule has 1 saturated heterocycles. The number of rotatable bonds is 4. The van der Waals surface area contributed by atoms with Crippen LogP contribution in [0.4, 0.5) is 0 Å². The molecule has 1 N–H and O–H groups in total. The van der Waals surface area contributed by atoms with Gasteiger partial charge in [0, 0.05) is 18.9 Å². The lowest BCUT2D eigenvalue weighted by Crippen LogP contribution is -2.51. The van der Waals surface area contributed by atoms with Crippen LogP contribution in [-0.2, 0) is 16.0 Å². The summed E-state index contributed by atoms with van der Waals surface area (Å²) in [4.78, 5) is 10.9. The van der Waals surface area contributed by atoms with Crippen molar-refractivity contribution in [3.63, 3.8) is 0 Å². The summed E-state index contributed by atoms with van der Waals surface area (Å²) in [6.45, 7) is 3.73. The average molecular weight is 219 g/mol. The first-order chi connectivity index (χ1) is 7.70. The van der Waals surface area contributed by atoms with Crippen molar-refractivity contribution in [1.82, 2.24) is 5.32 Å². The van der Waals surface area contributed by atoms with Gasteiger partial charge >= 0.3 is 0 Å². The Morgan fingerprint density at radius 2 is 2.06 bits per heavy atom. The van der Waals surface area contributed by atoms with Crippen molar-refractivity contribution in [2.45, 2.75) is 13.3 Å². The lowest BCUT2D eigenvalue weighted by molar-refractivity contribution is -0.127. The number of carbonyl (C=O) groups is 1. The van der Waals surface area contributed by atoms with Gasteiger partial charge in [0.2, 0.25) is 5.91 Å². The zero-order valence-corrected chi connectivity index (χ0v) is 9.53. The maximum Gasteiger partial charge on any atom is 0.216 e. The van der Waals surface area contributed by atoms with Crippen LogP contribution in [0.3, 0.4) is 0 Å². The summed E-state index contributed by atoms with van der Waals surface area (Å²) in [5, 5.41) is 2.89. The predicted octanol–water partition coefficient (Wildman–Crippen LogP) is 1.38. The van der Waals surface area contributed by atoms with E-state index in [2.05, 4.69) is 17.4 Å². The zero-order valence-electron chi connectivity index (χ0n) is 9.53. The van der Waals surface area contributed by atoms with Crippen LogP contribution in [0.1, 0.15) is 12.5 Å². The van der Waals surface area contributed by atoms with Gasteiger partial charge < -0.3 is 10.1 Å². The van der Waals surface area contributed by atoms with E-state index in [9.17, 15) is 4.79 Å². The third-order valence-electron chi connectivity index (χ3n) is 2.95. The number of hydrogen-bond donors (Lipinski definition) is 1. The number of carbonyl (C=O) groups excluding carboxylic acids is 1. The summed E-state index contributed by atoms with van der Waals surface area (Å²) in [7, 11) is 0. The van der Waals surface area contributed by atoms with Crippen molar-refractivity contribution in [2.75, 3.05) is 19.8 Å². The fraction of sp³-hybridized carbons (Fsp3) is 0.462.